The molecule has 0 atom stereocenters. The molecule has 3 heterocycles. The number of carbonyl (C=O) groups excluding carboxylic acids is 1. The zero-order valence-corrected chi connectivity index (χ0v) is 20.1. The molecule has 11 heteroatoms. The number of thioether (sulfide) groups is 2. The molecule has 0 saturated carbocycles. The Kier molecular flexibility index (Phi) is 6.39. The monoisotopic (exact) mass is 522 g/mol. The highest BCUT2D eigenvalue weighted by Gasteiger charge is 2.33. The predicted octanol–water partition coefficient (Wildman–Crippen LogP) is 5.78. The molecule has 5 nitrogen and oxygen atoms in total. The first-order valence-electron chi connectivity index (χ1n) is 10.4. The smallest absolute Gasteiger partial charge is 0.349 e. The summed E-state index contributed by atoms with van der Waals surface area (Å²) in [5.74, 6) is 1.79. The van der Waals surface area contributed by atoms with Gasteiger partial charge in [0.05, 0.1) is 28.7 Å². The van der Waals surface area contributed by atoms with Gasteiger partial charge in [-0.3, -0.25) is 9.48 Å². The van der Waals surface area contributed by atoms with Gasteiger partial charge in [0.1, 0.15) is 0 Å². The van der Waals surface area contributed by atoms with Crippen molar-refractivity contribution >= 4 is 63.2 Å². The number of amides is 1. The molecule has 0 radical (unpaired) electrons. The Morgan fingerprint density at radius 2 is 1.91 bits per heavy atom. The summed E-state index contributed by atoms with van der Waals surface area (Å²) in [5, 5.41) is 5.83. The fourth-order valence-corrected chi connectivity index (χ4v) is 5.91. The van der Waals surface area contributed by atoms with Crippen LogP contribution < -0.4 is 0 Å². The molecular formula is C23H18ClF3N4OS2. The second-order valence-electron chi connectivity index (χ2n) is 7.83. The number of hydrogen-bond acceptors (Lipinski definition) is 5. The van der Waals surface area contributed by atoms with Crippen molar-refractivity contribution in [1.29, 1.82) is 0 Å². The van der Waals surface area contributed by atoms with Crippen LogP contribution in [0, 0.1) is 0 Å². The summed E-state index contributed by atoms with van der Waals surface area (Å²) >= 11 is 9.06. The average Bonchev–Trinajstić information content (AvgIpc) is 3.38. The minimum Gasteiger partial charge on any atom is -0.349 e. The number of carbonyl (C=O) groups is 1. The Morgan fingerprint density at radius 1 is 1.12 bits per heavy atom. The summed E-state index contributed by atoms with van der Waals surface area (Å²) < 4.78 is 41.9. The number of fused-ring (bicyclic) bond motifs is 1. The van der Waals surface area contributed by atoms with Crippen LogP contribution in [0.2, 0.25) is 5.02 Å². The van der Waals surface area contributed by atoms with Crippen LogP contribution in [-0.4, -0.2) is 50.4 Å². The van der Waals surface area contributed by atoms with Crippen molar-refractivity contribution in [2.75, 3.05) is 24.6 Å². The topological polar surface area (TPSA) is 50.5 Å². The Bertz CT molecular complexity index is 1330. The molecule has 2 aliphatic rings. The van der Waals surface area contributed by atoms with Crippen LogP contribution in [0.15, 0.2) is 52.5 Å². The van der Waals surface area contributed by atoms with E-state index >= 15 is 0 Å². The number of amidine groups is 1. The Morgan fingerprint density at radius 3 is 2.68 bits per heavy atom. The molecule has 1 amide bonds. The van der Waals surface area contributed by atoms with Crippen molar-refractivity contribution in [3.8, 4) is 0 Å². The zero-order valence-electron chi connectivity index (χ0n) is 17.7. The number of halogens is 4. The van der Waals surface area contributed by atoms with Crippen LogP contribution in [-0.2, 0) is 17.5 Å². The van der Waals surface area contributed by atoms with Crippen LogP contribution in [0.4, 0.5) is 13.2 Å². The molecule has 1 fully saturated rings. The maximum atomic E-state index is 13.5. The van der Waals surface area contributed by atoms with E-state index in [-0.39, 0.29) is 23.0 Å². The Labute approximate surface area is 207 Å². The summed E-state index contributed by atoms with van der Waals surface area (Å²) in [6.45, 7) is 1.72. The van der Waals surface area contributed by atoms with E-state index in [9.17, 15) is 18.0 Å². The van der Waals surface area contributed by atoms with Gasteiger partial charge in [0.25, 0.3) is 5.91 Å². The van der Waals surface area contributed by atoms with Gasteiger partial charge < -0.3 is 4.90 Å². The van der Waals surface area contributed by atoms with Crippen molar-refractivity contribution in [2.24, 2.45) is 4.99 Å². The molecule has 3 aromatic rings. The maximum absolute atomic E-state index is 13.5. The molecule has 0 unspecified atom stereocenters. The van der Waals surface area contributed by atoms with Gasteiger partial charge in [0.15, 0.2) is 5.17 Å². The van der Waals surface area contributed by atoms with Crippen molar-refractivity contribution in [2.45, 2.75) is 12.7 Å². The van der Waals surface area contributed by atoms with E-state index in [1.54, 1.807) is 18.3 Å². The second-order valence-corrected chi connectivity index (χ2v) is 10.5. The lowest BCUT2D eigenvalue weighted by molar-refractivity contribution is -0.138. The Balaban J connectivity index is 1.37. The minimum absolute atomic E-state index is 0.0321. The maximum Gasteiger partial charge on any atom is 0.416 e. The second kappa shape index (κ2) is 9.31. The molecule has 5 rings (SSSR count). The van der Waals surface area contributed by atoms with Crippen LogP contribution in [0.3, 0.4) is 0 Å². The lowest BCUT2D eigenvalue weighted by atomic mass is 10.1. The van der Waals surface area contributed by atoms with Gasteiger partial charge in [0, 0.05) is 35.0 Å². The van der Waals surface area contributed by atoms with Crippen LogP contribution >= 0.6 is 35.1 Å². The van der Waals surface area contributed by atoms with Gasteiger partial charge in [-0.2, -0.15) is 35.0 Å². The van der Waals surface area contributed by atoms with Gasteiger partial charge in [-0.25, -0.2) is 0 Å². The first-order chi connectivity index (χ1) is 16.3. The lowest BCUT2D eigenvalue weighted by Crippen LogP contribution is -2.35. The molecule has 0 bridgehead atoms. The van der Waals surface area contributed by atoms with Crippen LogP contribution in [0.1, 0.15) is 16.7 Å². The fraction of sp³-hybridized carbons (Fsp3) is 0.261. The van der Waals surface area contributed by atoms with Crippen molar-refractivity contribution < 1.29 is 18.0 Å². The van der Waals surface area contributed by atoms with E-state index < -0.39 is 11.7 Å². The van der Waals surface area contributed by atoms with E-state index in [0.717, 1.165) is 46.8 Å². The molecule has 176 valence electrons. The third kappa shape index (κ3) is 4.85. The third-order valence-corrected chi connectivity index (χ3v) is 7.77. The van der Waals surface area contributed by atoms with Crippen LogP contribution in [0.25, 0.3) is 17.0 Å². The quantitative estimate of drug-likeness (QED) is 0.408. The lowest BCUT2D eigenvalue weighted by Gasteiger charge is -2.26. The molecule has 0 spiro atoms. The molecular weight excluding hydrogens is 505 g/mol. The summed E-state index contributed by atoms with van der Waals surface area (Å²) in [6.07, 6.45) is -1.11. The highest BCUT2D eigenvalue weighted by molar-refractivity contribution is 8.18. The van der Waals surface area contributed by atoms with E-state index in [4.69, 9.17) is 11.6 Å². The molecule has 2 aliphatic heterocycles. The fourth-order valence-electron chi connectivity index (χ4n) is 3.87. The van der Waals surface area contributed by atoms with Gasteiger partial charge >= 0.3 is 6.18 Å². The van der Waals surface area contributed by atoms with E-state index in [0.29, 0.717) is 10.4 Å². The normalized spacial score (nSPS) is 18.2. The van der Waals surface area contributed by atoms with Gasteiger partial charge in [-0.15, -0.1) is 0 Å². The summed E-state index contributed by atoms with van der Waals surface area (Å²) in [7, 11) is 0. The van der Waals surface area contributed by atoms with Crippen molar-refractivity contribution in [3.63, 3.8) is 0 Å². The van der Waals surface area contributed by atoms with E-state index in [1.807, 2.05) is 23.9 Å². The standard InChI is InChI=1S/C23H18ClF3N4OS2/c24-17-3-2-15(18(11-17)23(25,26)27)13-31-19-4-1-14(9-16(19)12-28-31)10-20-21(32)29-22(34-20)30-5-7-33-8-6-30/h1-4,9-12H,5-8,13H2/b20-10-. The molecule has 0 N–H and O–H groups in total. The summed E-state index contributed by atoms with van der Waals surface area (Å²) in [5.41, 5.74) is 0.807. The number of aromatic nitrogens is 2. The first kappa shape index (κ1) is 23.3. The highest BCUT2D eigenvalue weighted by Crippen LogP contribution is 2.35. The predicted molar refractivity (Wildman–Crippen MR) is 132 cm³/mol. The number of benzene rings is 2. The molecule has 2 aromatic carbocycles. The number of rotatable bonds is 3. The van der Waals surface area contributed by atoms with Crippen molar-refractivity contribution in [3.05, 3.63) is 69.2 Å². The molecule has 1 aromatic heterocycles. The largest absolute Gasteiger partial charge is 0.416 e. The number of aliphatic imine (C=N–C) groups is 1. The minimum atomic E-state index is -4.51. The number of alkyl halides is 3. The van der Waals surface area contributed by atoms with E-state index in [1.165, 1.54) is 28.6 Å². The molecule has 34 heavy (non-hydrogen) atoms. The highest BCUT2D eigenvalue weighted by atomic mass is 35.5. The molecule has 1 saturated heterocycles. The first-order valence-corrected chi connectivity index (χ1v) is 12.8. The van der Waals surface area contributed by atoms with Crippen LogP contribution in [0.5, 0.6) is 0 Å². The zero-order chi connectivity index (χ0) is 23.9. The average molecular weight is 523 g/mol. The third-order valence-electron chi connectivity index (χ3n) is 5.55. The Hall–Kier alpha value is -2.43. The van der Waals surface area contributed by atoms with Gasteiger partial charge in [-0.05, 0) is 53.2 Å². The van der Waals surface area contributed by atoms with Crippen molar-refractivity contribution in [1.82, 2.24) is 14.7 Å². The SMILES string of the molecule is O=C1N=C(N2CCSCC2)S/C1=C\c1ccc2c(cnn2Cc2ccc(Cl)cc2C(F)(F)F)c1. The van der Waals surface area contributed by atoms with Gasteiger partial charge in [-0.1, -0.05) is 23.7 Å². The molecule has 0 aliphatic carbocycles. The van der Waals surface area contributed by atoms with E-state index in [2.05, 4.69) is 15.0 Å². The van der Waals surface area contributed by atoms with Gasteiger partial charge in [0.2, 0.25) is 0 Å². The summed E-state index contributed by atoms with van der Waals surface area (Å²) in [4.78, 5) is 19.3. The number of nitrogens with zero attached hydrogens (tertiary/aromatic N) is 4. The summed E-state index contributed by atoms with van der Waals surface area (Å²) in [6, 6.07) is 9.23. The number of hydrogen-bond donors (Lipinski definition) is 0.